The van der Waals surface area contributed by atoms with Crippen molar-refractivity contribution in [2.24, 2.45) is 0 Å². The summed E-state index contributed by atoms with van der Waals surface area (Å²) in [5.41, 5.74) is 1.25. The van der Waals surface area contributed by atoms with Crippen LogP contribution in [0, 0.1) is 6.92 Å². The highest BCUT2D eigenvalue weighted by Gasteiger charge is 2.12. The number of nitrogens with one attached hydrogen (secondary N) is 1. The molecule has 2 rings (SSSR count). The van der Waals surface area contributed by atoms with Crippen LogP contribution in [0.5, 0.6) is 5.75 Å². The number of nitrogens with zero attached hydrogens (tertiary/aromatic N) is 1. The summed E-state index contributed by atoms with van der Waals surface area (Å²) in [6.45, 7) is 9.79. The van der Waals surface area contributed by atoms with Crippen molar-refractivity contribution >= 4 is 0 Å². The third kappa shape index (κ3) is 5.21. The molecular formula is C16H26N2O. The fourth-order valence-corrected chi connectivity index (χ4v) is 2.47. The van der Waals surface area contributed by atoms with Crippen LogP contribution in [0.15, 0.2) is 24.3 Å². The Morgan fingerprint density at radius 1 is 1.37 bits per heavy atom. The molecule has 1 saturated heterocycles. The Bertz CT molecular complexity index is 381. The van der Waals surface area contributed by atoms with E-state index in [1.807, 2.05) is 12.1 Å². The molecule has 0 aromatic heterocycles. The lowest BCUT2D eigenvalue weighted by Gasteiger charge is -2.19. The molecule has 1 N–H and O–H groups in total. The molecule has 1 atom stereocenters. The van der Waals surface area contributed by atoms with Gasteiger partial charge in [0.1, 0.15) is 5.75 Å². The molecule has 106 valence electrons. The van der Waals surface area contributed by atoms with E-state index in [2.05, 4.69) is 36.2 Å². The van der Waals surface area contributed by atoms with Crippen molar-refractivity contribution in [2.45, 2.75) is 32.7 Å². The molecule has 0 amide bonds. The lowest BCUT2D eigenvalue weighted by molar-refractivity contribution is 0.243. The van der Waals surface area contributed by atoms with Gasteiger partial charge in [0.15, 0.2) is 0 Å². The van der Waals surface area contributed by atoms with Crippen LogP contribution in [0.3, 0.4) is 0 Å². The molecule has 0 spiro atoms. The molecule has 0 saturated carbocycles. The Morgan fingerprint density at radius 2 is 2.26 bits per heavy atom. The monoisotopic (exact) mass is 262 g/mol. The molecule has 1 heterocycles. The van der Waals surface area contributed by atoms with Crippen LogP contribution < -0.4 is 10.1 Å². The Morgan fingerprint density at radius 3 is 3.11 bits per heavy atom. The maximum Gasteiger partial charge on any atom is 0.119 e. The first-order valence-corrected chi connectivity index (χ1v) is 7.39. The van der Waals surface area contributed by atoms with Crippen LogP contribution in [0.25, 0.3) is 0 Å². The first-order chi connectivity index (χ1) is 9.24. The van der Waals surface area contributed by atoms with Crippen molar-refractivity contribution in [3.63, 3.8) is 0 Å². The number of hydrogen-bond acceptors (Lipinski definition) is 3. The molecule has 1 aromatic carbocycles. The van der Waals surface area contributed by atoms with Crippen LogP contribution >= 0.6 is 0 Å². The van der Waals surface area contributed by atoms with Crippen LogP contribution in [0.1, 0.15) is 25.3 Å². The van der Waals surface area contributed by atoms with Crippen LogP contribution in [0.2, 0.25) is 0 Å². The fourth-order valence-electron chi connectivity index (χ4n) is 2.47. The van der Waals surface area contributed by atoms with Gasteiger partial charge in [-0.05, 0) is 50.9 Å². The van der Waals surface area contributed by atoms with E-state index in [9.17, 15) is 0 Å². The van der Waals surface area contributed by atoms with Gasteiger partial charge in [0.2, 0.25) is 0 Å². The highest BCUT2D eigenvalue weighted by Crippen LogP contribution is 2.12. The van der Waals surface area contributed by atoms with E-state index in [-0.39, 0.29) is 0 Å². The molecule has 0 bridgehead atoms. The summed E-state index contributed by atoms with van der Waals surface area (Å²) in [4.78, 5) is 2.54. The average molecular weight is 262 g/mol. The first-order valence-electron chi connectivity index (χ1n) is 7.39. The highest BCUT2D eigenvalue weighted by molar-refractivity contribution is 5.27. The lowest BCUT2D eigenvalue weighted by atomic mass is 10.2. The minimum absolute atomic E-state index is 0.661. The van der Waals surface area contributed by atoms with Gasteiger partial charge in [-0.15, -0.1) is 0 Å². The minimum Gasteiger partial charge on any atom is -0.494 e. The number of rotatable bonds is 5. The standard InChI is InChI=1S/C16H26N2O/c1-14-5-3-6-16(13-14)19-12-4-9-18-10-7-15(2)17-8-11-18/h3,5-6,13,15,17H,4,7-12H2,1-2H3. The maximum absolute atomic E-state index is 5.79. The predicted molar refractivity (Wildman–Crippen MR) is 79.8 cm³/mol. The van der Waals surface area contributed by atoms with E-state index in [1.165, 1.54) is 18.5 Å². The fraction of sp³-hybridized carbons (Fsp3) is 0.625. The average Bonchev–Trinajstić information content (AvgIpc) is 2.60. The van der Waals surface area contributed by atoms with Crippen LogP contribution in [0.4, 0.5) is 0 Å². The second-order valence-electron chi connectivity index (χ2n) is 5.50. The topological polar surface area (TPSA) is 24.5 Å². The van der Waals surface area contributed by atoms with E-state index < -0.39 is 0 Å². The summed E-state index contributed by atoms with van der Waals surface area (Å²) in [6, 6.07) is 8.93. The normalized spacial score (nSPS) is 21.1. The van der Waals surface area contributed by atoms with E-state index in [0.717, 1.165) is 38.4 Å². The van der Waals surface area contributed by atoms with Crippen LogP contribution in [-0.4, -0.2) is 43.7 Å². The molecule has 1 aliphatic heterocycles. The summed E-state index contributed by atoms with van der Waals surface area (Å²) in [5, 5.41) is 3.52. The van der Waals surface area contributed by atoms with Crippen molar-refractivity contribution in [3.05, 3.63) is 29.8 Å². The molecule has 3 nitrogen and oxygen atoms in total. The van der Waals surface area contributed by atoms with Gasteiger partial charge >= 0.3 is 0 Å². The third-order valence-corrected chi connectivity index (χ3v) is 3.68. The summed E-state index contributed by atoms with van der Waals surface area (Å²) in [6.07, 6.45) is 2.35. The van der Waals surface area contributed by atoms with Crippen molar-refractivity contribution in [1.82, 2.24) is 10.2 Å². The van der Waals surface area contributed by atoms with Gasteiger partial charge in [-0.3, -0.25) is 0 Å². The van der Waals surface area contributed by atoms with Gasteiger partial charge in [0.05, 0.1) is 6.61 Å². The largest absolute Gasteiger partial charge is 0.494 e. The third-order valence-electron chi connectivity index (χ3n) is 3.68. The van der Waals surface area contributed by atoms with Crippen molar-refractivity contribution in [1.29, 1.82) is 0 Å². The Hall–Kier alpha value is -1.06. The van der Waals surface area contributed by atoms with Gasteiger partial charge in [-0.2, -0.15) is 0 Å². The summed E-state index contributed by atoms with van der Waals surface area (Å²) >= 11 is 0. The summed E-state index contributed by atoms with van der Waals surface area (Å²) in [7, 11) is 0. The van der Waals surface area contributed by atoms with Crippen molar-refractivity contribution in [3.8, 4) is 5.75 Å². The summed E-state index contributed by atoms with van der Waals surface area (Å²) < 4.78 is 5.79. The molecule has 1 aromatic rings. The summed E-state index contributed by atoms with van der Waals surface area (Å²) in [5.74, 6) is 0.992. The molecule has 1 unspecified atom stereocenters. The molecule has 3 heteroatoms. The zero-order valence-electron chi connectivity index (χ0n) is 12.2. The molecule has 0 aliphatic carbocycles. The number of benzene rings is 1. The van der Waals surface area contributed by atoms with Gasteiger partial charge in [-0.1, -0.05) is 12.1 Å². The second kappa shape index (κ2) is 7.51. The molecule has 1 aliphatic rings. The van der Waals surface area contributed by atoms with Crippen LogP contribution in [-0.2, 0) is 0 Å². The van der Waals surface area contributed by atoms with Gasteiger partial charge < -0.3 is 15.0 Å². The molecular weight excluding hydrogens is 236 g/mol. The number of ether oxygens (including phenoxy) is 1. The zero-order chi connectivity index (χ0) is 13.5. The van der Waals surface area contributed by atoms with Crippen molar-refractivity contribution < 1.29 is 4.74 Å². The Balaban J connectivity index is 1.64. The molecule has 1 fully saturated rings. The second-order valence-corrected chi connectivity index (χ2v) is 5.50. The molecule has 0 radical (unpaired) electrons. The zero-order valence-corrected chi connectivity index (χ0v) is 12.2. The number of aryl methyl sites for hydroxylation is 1. The Labute approximate surface area is 116 Å². The molecule has 19 heavy (non-hydrogen) atoms. The predicted octanol–water partition coefficient (Wildman–Crippen LogP) is 2.45. The van der Waals surface area contributed by atoms with E-state index >= 15 is 0 Å². The Kier molecular flexibility index (Phi) is 5.67. The number of hydrogen-bond donors (Lipinski definition) is 1. The van der Waals surface area contributed by atoms with Gasteiger partial charge in [-0.25, -0.2) is 0 Å². The van der Waals surface area contributed by atoms with Crippen molar-refractivity contribution in [2.75, 3.05) is 32.8 Å². The van der Waals surface area contributed by atoms with E-state index in [1.54, 1.807) is 0 Å². The van der Waals surface area contributed by atoms with E-state index in [0.29, 0.717) is 6.04 Å². The van der Waals surface area contributed by atoms with E-state index in [4.69, 9.17) is 4.74 Å². The first kappa shape index (κ1) is 14.4. The highest BCUT2D eigenvalue weighted by atomic mass is 16.5. The maximum atomic E-state index is 5.79. The smallest absolute Gasteiger partial charge is 0.119 e. The lowest BCUT2D eigenvalue weighted by Crippen LogP contribution is -2.30. The van der Waals surface area contributed by atoms with Gasteiger partial charge in [0.25, 0.3) is 0 Å². The minimum atomic E-state index is 0.661. The van der Waals surface area contributed by atoms with Gasteiger partial charge in [0, 0.05) is 25.7 Å². The quantitative estimate of drug-likeness (QED) is 0.825. The SMILES string of the molecule is Cc1cccc(OCCCN2CCNC(C)CC2)c1.